The highest BCUT2D eigenvalue weighted by Gasteiger charge is 2.37. The van der Waals surface area contributed by atoms with Crippen molar-refractivity contribution < 1.29 is 23.1 Å². The first-order valence-electron chi connectivity index (χ1n) is 13.5. The number of amides is 2. The second-order valence-electron chi connectivity index (χ2n) is 10.4. The maximum absolute atomic E-state index is 15.1. The third kappa shape index (κ3) is 5.92. The van der Waals surface area contributed by atoms with Gasteiger partial charge in [0.2, 0.25) is 11.8 Å². The van der Waals surface area contributed by atoms with E-state index in [4.69, 9.17) is 4.74 Å². The van der Waals surface area contributed by atoms with Crippen molar-refractivity contribution in [3.8, 4) is 11.5 Å². The van der Waals surface area contributed by atoms with Gasteiger partial charge in [0.25, 0.3) is 0 Å². The molecule has 0 bridgehead atoms. The van der Waals surface area contributed by atoms with Crippen molar-refractivity contribution in [1.29, 1.82) is 0 Å². The Hall–Kier alpha value is -3.93. The van der Waals surface area contributed by atoms with Gasteiger partial charge >= 0.3 is 0 Å². The van der Waals surface area contributed by atoms with Crippen LogP contribution >= 0.6 is 11.3 Å². The van der Waals surface area contributed by atoms with Crippen molar-refractivity contribution in [3.63, 3.8) is 0 Å². The summed E-state index contributed by atoms with van der Waals surface area (Å²) < 4.78 is 35.2. The van der Waals surface area contributed by atoms with Gasteiger partial charge < -0.3 is 19.9 Å². The lowest BCUT2D eigenvalue weighted by Crippen LogP contribution is -2.43. The van der Waals surface area contributed by atoms with E-state index in [1.165, 1.54) is 46.2 Å². The number of piperazine rings is 1. The number of thiophene rings is 1. The molecule has 0 radical (unpaired) electrons. The van der Waals surface area contributed by atoms with Gasteiger partial charge in [-0.15, -0.1) is 11.3 Å². The number of benzene rings is 2. The molecule has 212 valence electrons. The Balaban J connectivity index is 1.11. The van der Waals surface area contributed by atoms with E-state index in [-0.39, 0.29) is 17.3 Å². The maximum atomic E-state index is 15.1. The van der Waals surface area contributed by atoms with Crippen LogP contribution in [0.5, 0.6) is 11.5 Å². The molecule has 4 aromatic rings. The van der Waals surface area contributed by atoms with E-state index >= 15 is 4.39 Å². The van der Waals surface area contributed by atoms with Crippen LogP contribution in [0.1, 0.15) is 11.3 Å². The average Bonchev–Trinajstić information content (AvgIpc) is 3.55. The summed E-state index contributed by atoms with van der Waals surface area (Å²) in [5, 5.41) is 2.64. The van der Waals surface area contributed by atoms with Gasteiger partial charge in [-0.1, -0.05) is 0 Å². The minimum absolute atomic E-state index is 0.0175. The predicted octanol–water partition coefficient (Wildman–Crippen LogP) is 5.11. The molecular weight excluding hydrogens is 548 g/mol. The normalized spacial score (nSPS) is 18.3. The highest BCUT2D eigenvalue weighted by atomic mass is 32.1. The fourth-order valence-electron chi connectivity index (χ4n) is 5.16. The van der Waals surface area contributed by atoms with Crippen molar-refractivity contribution in [3.05, 3.63) is 77.3 Å². The Labute approximate surface area is 240 Å². The third-order valence-electron chi connectivity index (χ3n) is 7.48. The van der Waals surface area contributed by atoms with E-state index in [2.05, 4.69) is 33.2 Å². The molecule has 2 aromatic heterocycles. The van der Waals surface area contributed by atoms with Crippen molar-refractivity contribution in [2.24, 2.45) is 5.92 Å². The number of pyridine rings is 1. The molecule has 2 amide bonds. The van der Waals surface area contributed by atoms with E-state index in [0.29, 0.717) is 24.4 Å². The molecule has 2 aromatic carbocycles. The lowest BCUT2D eigenvalue weighted by molar-refractivity contribution is -0.129. The van der Waals surface area contributed by atoms with Gasteiger partial charge in [0, 0.05) is 73.9 Å². The molecule has 6 rings (SSSR count). The Kier molecular flexibility index (Phi) is 7.65. The number of rotatable bonds is 7. The van der Waals surface area contributed by atoms with E-state index in [0.717, 1.165) is 42.9 Å². The molecule has 4 heterocycles. The molecule has 2 aliphatic heterocycles. The zero-order chi connectivity index (χ0) is 28.5. The molecule has 2 saturated heterocycles. The second-order valence-corrected chi connectivity index (χ2v) is 11.5. The lowest BCUT2D eigenvalue weighted by Gasteiger charge is -2.31. The number of fused-ring (bicyclic) bond motifs is 1. The highest BCUT2D eigenvalue weighted by molar-refractivity contribution is 7.19. The van der Waals surface area contributed by atoms with Gasteiger partial charge in [-0.3, -0.25) is 19.5 Å². The zero-order valence-electron chi connectivity index (χ0n) is 22.5. The number of carbonyl (C=O) groups is 2. The number of hydrogen-bond donors (Lipinski definition) is 1. The van der Waals surface area contributed by atoms with Crippen LogP contribution in [0.4, 0.5) is 20.2 Å². The number of nitrogens with one attached hydrogen (secondary N) is 1. The first-order valence-corrected chi connectivity index (χ1v) is 14.3. The fraction of sp³-hybridized carbons (Fsp3) is 0.300. The first-order chi connectivity index (χ1) is 19.8. The fourth-order valence-corrected chi connectivity index (χ4v) is 6.27. The first kappa shape index (κ1) is 27.3. The van der Waals surface area contributed by atoms with E-state index in [1.807, 2.05) is 0 Å². The summed E-state index contributed by atoms with van der Waals surface area (Å²) in [5.41, 5.74) is 1.55. The molecule has 11 heteroatoms. The lowest BCUT2D eigenvalue weighted by atomic mass is 10.1. The molecular formula is C30H29F2N5O3S. The number of anilines is 2. The van der Waals surface area contributed by atoms with Gasteiger partial charge in [0.1, 0.15) is 17.5 Å². The Bertz CT molecular complexity index is 1590. The predicted molar refractivity (Wildman–Crippen MR) is 154 cm³/mol. The van der Waals surface area contributed by atoms with Crippen LogP contribution in [0.25, 0.3) is 10.2 Å². The van der Waals surface area contributed by atoms with Crippen LogP contribution in [-0.4, -0.2) is 66.4 Å². The molecule has 8 nitrogen and oxygen atoms in total. The number of aromatic nitrogens is 1. The minimum atomic E-state index is -0.914. The van der Waals surface area contributed by atoms with Crippen molar-refractivity contribution in [2.45, 2.75) is 13.0 Å². The smallest absolute Gasteiger partial charge is 0.239 e. The Morgan fingerprint density at radius 1 is 1.02 bits per heavy atom. The van der Waals surface area contributed by atoms with Crippen molar-refractivity contribution in [2.75, 3.05) is 50.0 Å². The largest absolute Gasteiger partial charge is 0.453 e. The quantitative estimate of drug-likeness (QED) is 0.308. The topological polar surface area (TPSA) is 78.0 Å². The number of halogens is 2. The monoisotopic (exact) mass is 577 g/mol. The molecule has 1 atom stereocenters. The number of likely N-dealkylation sites (N-methyl/N-ethyl adjacent to an activating group) is 1. The average molecular weight is 578 g/mol. The SMILES string of the molecule is CN1CCN(Cc2cc3nccc(Oc4ccc(NC(=O)C5CCN(c6ccc(F)cc6)C5=O)cc4F)c3s2)CC1. The summed E-state index contributed by atoms with van der Waals surface area (Å²) in [7, 11) is 2.13. The summed E-state index contributed by atoms with van der Waals surface area (Å²) in [6, 6.07) is 13.5. The molecule has 1 N–H and O–H groups in total. The standard InChI is InChI=1S/C30H29F2N5O3S/c1-35-12-14-36(15-13-35)18-22-17-25-28(41-22)27(8-10-33-25)40-26-7-4-20(16-24(26)32)34-29(38)23-9-11-37(30(23)39)21-5-2-19(31)3-6-21/h2-8,10,16-17,23H,9,11-15,18H2,1H3,(H,34,38). The van der Waals surface area contributed by atoms with Crippen LogP contribution in [0, 0.1) is 17.6 Å². The summed E-state index contributed by atoms with van der Waals surface area (Å²) in [5.74, 6) is -2.33. The maximum Gasteiger partial charge on any atom is 0.239 e. The van der Waals surface area contributed by atoms with Crippen LogP contribution in [0.3, 0.4) is 0 Å². The Morgan fingerprint density at radius 3 is 2.56 bits per heavy atom. The molecule has 0 saturated carbocycles. The summed E-state index contributed by atoms with van der Waals surface area (Å²) in [6.45, 7) is 5.28. The van der Waals surface area contributed by atoms with Gasteiger partial charge in [-0.2, -0.15) is 0 Å². The van der Waals surface area contributed by atoms with Gasteiger partial charge in [-0.25, -0.2) is 8.78 Å². The third-order valence-corrected chi connectivity index (χ3v) is 8.61. The van der Waals surface area contributed by atoms with Gasteiger partial charge in [0.05, 0.1) is 10.2 Å². The summed E-state index contributed by atoms with van der Waals surface area (Å²) in [4.78, 5) is 37.5. The number of carbonyl (C=O) groups excluding carboxylic acids is 2. The van der Waals surface area contributed by atoms with E-state index in [9.17, 15) is 14.0 Å². The molecule has 1 unspecified atom stereocenters. The molecule has 2 fully saturated rings. The van der Waals surface area contributed by atoms with Crippen LogP contribution < -0.4 is 15.0 Å². The highest BCUT2D eigenvalue weighted by Crippen LogP contribution is 2.37. The van der Waals surface area contributed by atoms with Gasteiger partial charge in [0.15, 0.2) is 11.6 Å². The molecule has 0 aliphatic carbocycles. The summed E-state index contributed by atoms with van der Waals surface area (Å²) in [6.07, 6.45) is 1.95. The number of nitrogens with zero attached hydrogens (tertiary/aromatic N) is 4. The molecule has 41 heavy (non-hydrogen) atoms. The second kappa shape index (κ2) is 11.5. The van der Waals surface area contributed by atoms with E-state index in [1.54, 1.807) is 29.7 Å². The van der Waals surface area contributed by atoms with Crippen LogP contribution in [-0.2, 0) is 16.1 Å². The van der Waals surface area contributed by atoms with Gasteiger partial charge in [-0.05, 0) is 55.9 Å². The number of ether oxygens (including phenoxy) is 1. The zero-order valence-corrected chi connectivity index (χ0v) is 23.3. The van der Waals surface area contributed by atoms with Crippen LogP contribution in [0.2, 0.25) is 0 Å². The van der Waals surface area contributed by atoms with Crippen molar-refractivity contribution >= 4 is 44.7 Å². The minimum Gasteiger partial charge on any atom is -0.453 e. The Morgan fingerprint density at radius 2 is 1.80 bits per heavy atom. The number of hydrogen-bond acceptors (Lipinski definition) is 7. The van der Waals surface area contributed by atoms with E-state index < -0.39 is 23.5 Å². The molecule has 2 aliphatic rings. The summed E-state index contributed by atoms with van der Waals surface area (Å²) >= 11 is 1.59. The van der Waals surface area contributed by atoms with Crippen LogP contribution in [0.15, 0.2) is 60.8 Å². The molecule has 0 spiro atoms. The van der Waals surface area contributed by atoms with Crippen molar-refractivity contribution in [1.82, 2.24) is 14.8 Å².